The zero-order valence-corrected chi connectivity index (χ0v) is 18.7. The van der Waals surface area contributed by atoms with Crippen LogP contribution in [0.5, 0.6) is 0 Å². The molecule has 0 unspecified atom stereocenters. The van der Waals surface area contributed by atoms with Crippen molar-refractivity contribution in [3.05, 3.63) is 46.2 Å². The maximum atomic E-state index is 12.8. The fourth-order valence-electron chi connectivity index (χ4n) is 3.68. The Kier molecular flexibility index (Phi) is 8.05. The number of carbonyl (C=O) groups excluding carboxylic acids is 1. The first-order valence-electron chi connectivity index (χ1n) is 10.1. The van der Waals surface area contributed by atoms with Gasteiger partial charge in [-0.3, -0.25) is 4.79 Å². The van der Waals surface area contributed by atoms with Crippen LogP contribution in [-0.2, 0) is 17.4 Å². The van der Waals surface area contributed by atoms with Crippen LogP contribution in [0.1, 0.15) is 55.1 Å². The van der Waals surface area contributed by atoms with E-state index in [-0.39, 0.29) is 10.6 Å². The van der Waals surface area contributed by atoms with Gasteiger partial charge in [-0.25, -0.2) is 0 Å². The van der Waals surface area contributed by atoms with Gasteiger partial charge in [-0.05, 0) is 55.4 Å². The van der Waals surface area contributed by atoms with Gasteiger partial charge in [0.2, 0.25) is 5.91 Å². The molecule has 1 aliphatic carbocycles. The van der Waals surface area contributed by atoms with Crippen LogP contribution in [0.2, 0.25) is 5.02 Å². The number of amides is 1. The summed E-state index contributed by atoms with van der Waals surface area (Å²) in [6, 6.07) is 3.45. The number of carbonyl (C=O) groups is 1. The van der Waals surface area contributed by atoms with Crippen molar-refractivity contribution in [2.75, 3.05) is 12.8 Å². The third-order valence-electron chi connectivity index (χ3n) is 5.22. The van der Waals surface area contributed by atoms with Crippen LogP contribution < -0.4 is 5.32 Å². The molecule has 1 aromatic carbocycles. The van der Waals surface area contributed by atoms with Gasteiger partial charge in [-0.15, -0.1) is 10.2 Å². The molecule has 0 spiro atoms. The van der Waals surface area contributed by atoms with Crippen LogP contribution in [0, 0.1) is 0 Å². The largest absolute Gasteiger partial charge is 0.416 e. The van der Waals surface area contributed by atoms with Gasteiger partial charge in [0.25, 0.3) is 0 Å². The highest BCUT2D eigenvalue weighted by Crippen LogP contribution is 2.34. The summed E-state index contributed by atoms with van der Waals surface area (Å²) < 4.78 is 40.7. The molecular weight excluding hydrogens is 449 g/mol. The molecule has 5 nitrogen and oxygen atoms in total. The first kappa shape index (κ1) is 23.7. The Hall–Kier alpha value is -2.00. The lowest BCUT2D eigenvalue weighted by molar-refractivity contribution is -0.137. The Morgan fingerprint density at radius 2 is 2.06 bits per heavy atom. The van der Waals surface area contributed by atoms with Gasteiger partial charge >= 0.3 is 6.18 Å². The van der Waals surface area contributed by atoms with Crippen LogP contribution in [0.15, 0.2) is 29.4 Å². The standard InChI is InChI=1S/C21H24ClF3N4OS/c1-31-20-28-27-18(29(20)16-5-2-3-6-16)7-4-12-26-19(30)11-8-14-13-15(21(23,24)25)9-10-17(14)22/h8-11,13,16H,2-7,12H2,1H3,(H,26,30)/b11-8+. The van der Waals surface area contributed by atoms with Crippen molar-refractivity contribution in [2.24, 2.45) is 0 Å². The van der Waals surface area contributed by atoms with Crippen LogP contribution in [0.4, 0.5) is 13.2 Å². The molecule has 1 aliphatic rings. The van der Waals surface area contributed by atoms with Crippen molar-refractivity contribution < 1.29 is 18.0 Å². The number of alkyl halides is 3. The molecule has 168 valence electrons. The molecule has 10 heteroatoms. The lowest BCUT2D eigenvalue weighted by Crippen LogP contribution is -2.23. The predicted octanol–water partition coefficient (Wildman–Crippen LogP) is 5.55. The number of halogens is 4. The molecule has 1 saturated carbocycles. The van der Waals surface area contributed by atoms with Crippen molar-refractivity contribution in [2.45, 2.75) is 55.9 Å². The van der Waals surface area contributed by atoms with E-state index in [1.165, 1.54) is 31.1 Å². The van der Waals surface area contributed by atoms with Gasteiger partial charge in [0.15, 0.2) is 5.16 Å². The summed E-state index contributed by atoms with van der Waals surface area (Å²) in [4.78, 5) is 12.0. The second-order valence-corrected chi connectivity index (χ2v) is 8.55. The van der Waals surface area contributed by atoms with Crippen LogP contribution in [-0.4, -0.2) is 33.5 Å². The number of thioether (sulfide) groups is 1. The average Bonchev–Trinajstić information content (AvgIpc) is 3.38. The van der Waals surface area contributed by atoms with E-state index in [1.54, 1.807) is 11.8 Å². The minimum Gasteiger partial charge on any atom is -0.353 e. The number of aryl methyl sites for hydroxylation is 1. The van der Waals surface area contributed by atoms with Gasteiger partial charge in [0.1, 0.15) is 5.82 Å². The molecule has 3 rings (SSSR count). The van der Waals surface area contributed by atoms with E-state index in [1.807, 2.05) is 6.26 Å². The fraction of sp³-hybridized carbons (Fsp3) is 0.476. The number of hydrogen-bond donors (Lipinski definition) is 1. The number of rotatable bonds is 8. The predicted molar refractivity (Wildman–Crippen MR) is 116 cm³/mol. The first-order valence-corrected chi connectivity index (χ1v) is 11.7. The second-order valence-electron chi connectivity index (χ2n) is 7.37. The van der Waals surface area contributed by atoms with E-state index in [9.17, 15) is 18.0 Å². The Labute approximate surface area is 188 Å². The highest BCUT2D eigenvalue weighted by atomic mass is 35.5. The molecule has 0 aliphatic heterocycles. The zero-order chi connectivity index (χ0) is 22.4. The summed E-state index contributed by atoms with van der Waals surface area (Å²) in [5, 5.41) is 12.4. The van der Waals surface area contributed by atoms with Gasteiger partial charge in [0, 0.05) is 30.1 Å². The van der Waals surface area contributed by atoms with E-state index in [0.717, 1.165) is 36.0 Å². The molecule has 1 heterocycles. The van der Waals surface area contributed by atoms with Crippen LogP contribution in [0.25, 0.3) is 6.08 Å². The SMILES string of the molecule is CSc1nnc(CCCNC(=O)/C=C/c2cc(C(F)(F)F)ccc2Cl)n1C1CCCC1. The summed E-state index contributed by atoms with van der Waals surface area (Å²) in [5.41, 5.74) is -0.672. The van der Waals surface area contributed by atoms with Crippen molar-refractivity contribution in [3.8, 4) is 0 Å². The number of hydrogen-bond acceptors (Lipinski definition) is 4. The topological polar surface area (TPSA) is 59.8 Å². The summed E-state index contributed by atoms with van der Waals surface area (Å²) >= 11 is 7.52. The van der Waals surface area contributed by atoms with Gasteiger partial charge < -0.3 is 9.88 Å². The quantitative estimate of drug-likeness (QED) is 0.311. The molecule has 1 fully saturated rings. The Bertz CT molecular complexity index is 939. The molecular formula is C21H24ClF3N4OS. The van der Waals surface area contributed by atoms with Gasteiger partial charge in [0.05, 0.1) is 5.56 Å². The summed E-state index contributed by atoms with van der Waals surface area (Å²) in [5.74, 6) is 0.535. The maximum absolute atomic E-state index is 12.8. The number of nitrogens with one attached hydrogen (secondary N) is 1. The molecule has 0 saturated heterocycles. The van der Waals surface area contributed by atoms with Crippen molar-refractivity contribution >= 4 is 35.3 Å². The zero-order valence-electron chi connectivity index (χ0n) is 17.1. The smallest absolute Gasteiger partial charge is 0.353 e. The lowest BCUT2D eigenvalue weighted by atomic mass is 10.1. The highest BCUT2D eigenvalue weighted by molar-refractivity contribution is 7.98. The monoisotopic (exact) mass is 472 g/mol. The number of aromatic nitrogens is 3. The number of nitrogens with zero attached hydrogens (tertiary/aromatic N) is 3. The minimum atomic E-state index is -4.47. The molecule has 1 aromatic heterocycles. The van der Waals surface area contributed by atoms with E-state index in [2.05, 4.69) is 20.1 Å². The first-order chi connectivity index (χ1) is 14.8. The molecule has 31 heavy (non-hydrogen) atoms. The van der Waals surface area contributed by atoms with E-state index in [0.29, 0.717) is 25.4 Å². The summed E-state index contributed by atoms with van der Waals surface area (Å²) in [6.45, 7) is 0.422. The second kappa shape index (κ2) is 10.5. The Balaban J connectivity index is 1.52. The molecule has 0 radical (unpaired) electrons. The third kappa shape index (κ3) is 6.26. The Morgan fingerprint density at radius 1 is 1.32 bits per heavy atom. The lowest BCUT2D eigenvalue weighted by Gasteiger charge is -2.16. The van der Waals surface area contributed by atoms with Crippen molar-refractivity contribution in [3.63, 3.8) is 0 Å². The average molecular weight is 473 g/mol. The molecule has 1 amide bonds. The fourth-order valence-corrected chi connectivity index (χ4v) is 4.43. The summed E-state index contributed by atoms with van der Waals surface area (Å²) in [7, 11) is 0. The van der Waals surface area contributed by atoms with E-state index in [4.69, 9.17) is 11.6 Å². The highest BCUT2D eigenvalue weighted by Gasteiger charge is 2.30. The van der Waals surface area contributed by atoms with Crippen molar-refractivity contribution in [1.29, 1.82) is 0 Å². The Morgan fingerprint density at radius 3 is 2.74 bits per heavy atom. The van der Waals surface area contributed by atoms with E-state index >= 15 is 0 Å². The summed E-state index contributed by atoms with van der Waals surface area (Å²) in [6.07, 6.45) is 6.07. The maximum Gasteiger partial charge on any atom is 0.416 e. The molecule has 0 bridgehead atoms. The van der Waals surface area contributed by atoms with Gasteiger partial charge in [-0.1, -0.05) is 36.2 Å². The molecule has 0 atom stereocenters. The normalized spacial score (nSPS) is 15.1. The van der Waals surface area contributed by atoms with Gasteiger partial charge in [-0.2, -0.15) is 13.2 Å². The molecule has 2 aromatic rings. The number of benzene rings is 1. The van der Waals surface area contributed by atoms with Crippen LogP contribution >= 0.6 is 23.4 Å². The van der Waals surface area contributed by atoms with E-state index < -0.39 is 17.6 Å². The third-order valence-corrected chi connectivity index (χ3v) is 6.21. The van der Waals surface area contributed by atoms with Crippen molar-refractivity contribution in [1.82, 2.24) is 20.1 Å². The minimum absolute atomic E-state index is 0.140. The molecule has 1 N–H and O–H groups in total. The van der Waals surface area contributed by atoms with Crippen LogP contribution in [0.3, 0.4) is 0 Å².